The van der Waals surface area contributed by atoms with Crippen LogP contribution in [0.2, 0.25) is 0 Å². The number of anilines is 1. The molecule has 6 rings (SSSR count). The van der Waals surface area contributed by atoms with Crippen molar-refractivity contribution in [1.82, 2.24) is 15.2 Å². The molecule has 1 aromatic heterocycles. The number of hydrogen-bond acceptors (Lipinski definition) is 6. The lowest BCUT2D eigenvalue weighted by Crippen LogP contribution is -2.60. The Morgan fingerprint density at radius 2 is 2.03 bits per heavy atom. The third-order valence-corrected chi connectivity index (χ3v) is 7.40. The van der Waals surface area contributed by atoms with Crippen LogP contribution < -0.4 is 19.7 Å². The van der Waals surface area contributed by atoms with Crippen LogP contribution in [0.25, 0.3) is 0 Å². The second-order valence-electron chi connectivity index (χ2n) is 9.55. The molecular weight excluding hydrogens is 420 g/mol. The summed E-state index contributed by atoms with van der Waals surface area (Å²) in [5, 5.41) is 2.95. The minimum absolute atomic E-state index is 0.154. The summed E-state index contributed by atoms with van der Waals surface area (Å²) >= 11 is 0. The van der Waals surface area contributed by atoms with Gasteiger partial charge in [0, 0.05) is 44.8 Å². The van der Waals surface area contributed by atoms with E-state index >= 15 is 0 Å². The van der Waals surface area contributed by atoms with Gasteiger partial charge in [0.15, 0.2) is 11.5 Å². The van der Waals surface area contributed by atoms with Gasteiger partial charge in [-0.05, 0) is 60.9 Å². The SMILES string of the molecule is O=C(NCc1ccc2c(c1)OCO2)c1ccc(N2C[C@H]3C[C@H](C2)[C@H]2CCCC(=O)N2C3)nc1. The van der Waals surface area contributed by atoms with Crippen LogP contribution in [0.5, 0.6) is 11.5 Å². The summed E-state index contributed by atoms with van der Waals surface area (Å²) in [6, 6.07) is 9.84. The minimum atomic E-state index is -0.154. The molecule has 0 aliphatic carbocycles. The van der Waals surface area contributed by atoms with Crippen LogP contribution >= 0.6 is 0 Å². The molecule has 4 aliphatic rings. The smallest absolute Gasteiger partial charge is 0.253 e. The van der Waals surface area contributed by atoms with Crippen LogP contribution in [-0.2, 0) is 11.3 Å². The lowest BCUT2D eigenvalue weighted by atomic mass is 9.76. The Hall–Kier alpha value is -3.29. The maximum Gasteiger partial charge on any atom is 0.253 e. The second-order valence-corrected chi connectivity index (χ2v) is 9.55. The zero-order valence-corrected chi connectivity index (χ0v) is 18.5. The van der Waals surface area contributed by atoms with Gasteiger partial charge in [0.05, 0.1) is 5.56 Å². The number of nitrogens with zero attached hydrogens (tertiary/aromatic N) is 3. The Bertz CT molecular complexity index is 1070. The first-order valence-corrected chi connectivity index (χ1v) is 11.8. The average Bonchev–Trinajstić information content (AvgIpc) is 3.31. The molecule has 8 nitrogen and oxygen atoms in total. The van der Waals surface area contributed by atoms with Crippen LogP contribution in [0, 0.1) is 11.8 Å². The van der Waals surface area contributed by atoms with Gasteiger partial charge in [-0.25, -0.2) is 4.98 Å². The third-order valence-electron chi connectivity index (χ3n) is 7.40. The monoisotopic (exact) mass is 448 g/mol. The molecule has 1 N–H and O–H groups in total. The van der Waals surface area contributed by atoms with Crippen molar-refractivity contribution in [3.63, 3.8) is 0 Å². The molecule has 0 unspecified atom stereocenters. The van der Waals surface area contributed by atoms with Gasteiger partial charge in [0.1, 0.15) is 5.82 Å². The number of aromatic nitrogens is 1. The highest BCUT2D eigenvalue weighted by molar-refractivity contribution is 5.94. The van der Waals surface area contributed by atoms with Crippen molar-refractivity contribution < 1.29 is 19.1 Å². The average molecular weight is 449 g/mol. The van der Waals surface area contributed by atoms with Gasteiger partial charge in [-0.1, -0.05) is 6.07 Å². The van der Waals surface area contributed by atoms with Crippen LogP contribution in [0.3, 0.4) is 0 Å². The number of pyridine rings is 1. The quantitative estimate of drug-likeness (QED) is 0.774. The Morgan fingerprint density at radius 3 is 2.91 bits per heavy atom. The lowest BCUT2D eigenvalue weighted by Gasteiger charge is -2.52. The summed E-state index contributed by atoms with van der Waals surface area (Å²) in [7, 11) is 0. The van der Waals surface area contributed by atoms with E-state index < -0.39 is 0 Å². The number of ether oxygens (including phenoxy) is 2. The molecule has 5 heterocycles. The summed E-state index contributed by atoms with van der Waals surface area (Å²) in [4.78, 5) is 34.1. The topological polar surface area (TPSA) is 84.0 Å². The fourth-order valence-corrected chi connectivity index (χ4v) is 5.84. The van der Waals surface area contributed by atoms with E-state index in [1.54, 1.807) is 6.20 Å². The molecule has 2 aromatic rings. The van der Waals surface area contributed by atoms with Crippen molar-refractivity contribution in [3.05, 3.63) is 47.7 Å². The van der Waals surface area contributed by atoms with E-state index in [0.29, 0.717) is 48.1 Å². The maximum absolute atomic E-state index is 12.6. The van der Waals surface area contributed by atoms with E-state index in [2.05, 4.69) is 20.1 Å². The second kappa shape index (κ2) is 8.24. The first kappa shape index (κ1) is 20.3. The van der Waals surface area contributed by atoms with Crippen molar-refractivity contribution in [2.75, 3.05) is 31.3 Å². The van der Waals surface area contributed by atoms with Crippen LogP contribution in [0.4, 0.5) is 5.82 Å². The van der Waals surface area contributed by atoms with E-state index in [1.807, 2.05) is 30.3 Å². The van der Waals surface area contributed by atoms with Gasteiger partial charge < -0.3 is 24.6 Å². The molecule has 8 heteroatoms. The molecule has 3 saturated heterocycles. The highest BCUT2D eigenvalue weighted by Gasteiger charge is 2.44. The van der Waals surface area contributed by atoms with Gasteiger partial charge in [0.2, 0.25) is 12.7 Å². The molecule has 2 bridgehead atoms. The molecule has 2 amide bonds. The summed E-state index contributed by atoms with van der Waals surface area (Å²) < 4.78 is 10.7. The number of nitrogens with one attached hydrogen (secondary N) is 1. The number of fused-ring (bicyclic) bond motifs is 5. The maximum atomic E-state index is 12.6. The number of amides is 2. The van der Waals surface area contributed by atoms with Crippen LogP contribution in [-0.4, -0.2) is 54.2 Å². The number of hydrogen-bond donors (Lipinski definition) is 1. The van der Waals surface area contributed by atoms with Gasteiger partial charge in [-0.2, -0.15) is 0 Å². The predicted octanol–water partition coefficient (Wildman–Crippen LogP) is 2.58. The van der Waals surface area contributed by atoms with Crippen molar-refractivity contribution in [2.45, 2.75) is 38.3 Å². The molecule has 3 fully saturated rings. The molecule has 1 aromatic carbocycles. The number of carbonyl (C=O) groups is 2. The van der Waals surface area contributed by atoms with E-state index in [4.69, 9.17) is 9.47 Å². The highest BCUT2D eigenvalue weighted by Crippen LogP contribution is 2.39. The minimum Gasteiger partial charge on any atom is -0.454 e. The molecule has 172 valence electrons. The molecule has 0 spiro atoms. The van der Waals surface area contributed by atoms with Crippen molar-refractivity contribution in [1.29, 1.82) is 0 Å². The lowest BCUT2D eigenvalue weighted by molar-refractivity contribution is -0.142. The van der Waals surface area contributed by atoms with Gasteiger partial charge in [-0.15, -0.1) is 0 Å². The Labute approximate surface area is 192 Å². The van der Waals surface area contributed by atoms with Crippen molar-refractivity contribution in [2.24, 2.45) is 11.8 Å². The zero-order chi connectivity index (χ0) is 22.4. The van der Waals surface area contributed by atoms with Gasteiger partial charge in [0.25, 0.3) is 5.91 Å². The third kappa shape index (κ3) is 3.87. The summed E-state index contributed by atoms with van der Waals surface area (Å²) in [6.45, 7) is 3.35. The Morgan fingerprint density at radius 1 is 1.12 bits per heavy atom. The zero-order valence-electron chi connectivity index (χ0n) is 18.5. The molecule has 3 atom stereocenters. The Kier molecular flexibility index (Phi) is 5.08. The first-order valence-electron chi connectivity index (χ1n) is 11.8. The van der Waals surface area contributed by atoms with Gasteiger partial charge >= 0.3 is 0 Å². The van der Waals surface area contributed by atoms with Crippen molar-refractivity contribution in [3.8, 4) is 11.5 Å². The van der Waals surface area contributed by atoms with Crippen molar-refractivity contribution >= 4 is 17.6 Å². The molecule has 33 heavy (non-hydrogen) atoms. The fourth-order valence-electron chi connectivity index (χ4n) is 5.84. The number of benzene rings is 1. The van der Waals surface area contributed by atoms with Gasteiger partial charge in [-0.3, -0.25) is 9.59 Å². The molecule has 4 aliphatic heterocycles. The number of rotatable bonds is 4. The normalized spacial score (nSPS) is 25.6. The van der Waals surface area contributed by atoms with E-state index in [0.717, 1.165) is 49.6 Å². The van der Waals surface area contributed by atoms with Crippen LogP contribution in [0.1, 0.15) is 41.6 Å². The Balaban J connectivity index is 1.08. The predicted molar refractivity (Wildman–Crippen MR) is 121 cm³/mol. The molecular formula is C25H28N4O4. The van der Waals surface area contributed by atoms with E-state index in [9.17, 15) is 9.59 Å². The number of piperidine rings is 3. The number of carbonyl (C=O) groups excluding carboxylic acids is 2. The fraction of sp³-hybridized carbons (Fsp3) is 0.480. The highest BCUT2D eigenvalue weighted by atomic mass is 16.7. The van der Waals surface area contributed by atoms with E-state index in [-0.39, 0.29) is 12.7 Å². The molecule has 0 saturated carbocycles. The van der Waals surface area contributed by atoms with Crippen LogP contribution in [0.15, 0.2) is 36.5 Å². The first-order chi connectivity index (χ1) is 16.1. The summed E-state index contributed by atoms with van der Waals surface area (Å²) in [5.41, 5.74) is 1.49. The largest absolute Gasteiger partial charge is 0.454 e. The van der Waals surface area contributed by atoms with E-state index in [1.165, 1.54) is 6.42 Å². The standard InChI is InChI=1S/C25H28N4O4/c30-24-3-1-2-20-19-8-17(13-29(20)24)12-28(14-19)23-7-5-18(11-26-23)25(31)27-10-16-4-6-21-22(9-16)33-15-32-21/h4-7,9,11,17,19-20H,1-3,8,10,12-15H2,(H,27,31)/t17-,19-,20-/m1/s1. The molecule has 0 radical (unpaired) electrons. The summed E-state index contributed by atoms with van der Waals surface area (Å²) in [5.74, 6) is 3.53. The summed E-state index contributed by atoms with van der Waals surface area (Å²) in [6.07, 6.45) is 5.69.